The standard InChI is InChI=1S/C7H9BN2O/c1-4-2-5(8)3-6(10-11)7(4)9/h2-3H,8-9H2,1H3. The fourth-order valence-corrected chi connectivity index (χ4v) is 1.03. The van der Waals surface area contributed by atoms with Gasteiger partial charge in [0.25, 0.3) is 0 Å². The van der Waals surface area contributed by atoms with Gasteiger partial charge in [0.05, 0.1) is 5.69 Å². The van der Waals surface area contributed by atoms with Gasteiger partial charge < -0.3 is 5.73 Å². The van der Waals surface area contributed by atoms with Crippen LogP contribution in [0.5, 0.6) is 0 Å². The third-order valence-corrected chi connectivity index (χ3v) is 1.61. The van der Waals surface area contributed by atoms with Crippen LogP contribution in [-0.4, -0.2) is 7.85 Å². The van der Waals surface area contributed by atoms with Crippen molar-refractivity contribution in [2.45, 2.75) is 6.92 Å². The maximum atomic E-state index is 10.2. The number of aryl methyl sites for hydroxylation is 1. The minimum Gasteiger partial charge on any atom is -0.397 e. The molecule has 0 fully saturated rings. The first kappa shape index (κ1) is 7.79. The number of hydrogen-bond acceptors (Lipinski definition) is 3. The highest BCUT2D eigenvalue weighted by atomic mass is 16.3. The number of benzene rings is 1. The van der Waals surface area contributed by atoms with E-state index in [2.05, 4.69) is 5.18 Å². The van der Waals surface area contributed by atoms with Gasteiger partial charge in [0.1, 0.15) is 13.5 Å². The molecule has 1 aromatic rings. The summed E-state index contributed by atoms with van der Waals surface area (Å²) in [6.07, 6.45) is 0. The van der Waals surface area contributed by atoms with Gasteiger partial charge in [-0.25, -0.2) is 0 Å². The molecule has 1 rings (SSSR count). The van der Waals surface area contributed by atoms with E-state index in [-0.39, 0.29) is 0 Å². The van der Waals surface area contributed by atoms with Crippen LogP contribution in [0.3, 0.4) is 0 Å². The lowest BCUT2D eigenvalue weighted by atomic mass is 9.93. The van der Waals surface area contributed by atoms with Gasteiger partial charge in [0.2, 0.25) is 0 Å². The van der Waals surface area contributed by atoms with Gasteiger partial charge in [0, 0.05) is 0 Å². The quantitative estimate of drug-likeness (QED) is 0.352. The molecule has 0 aliphatic heterocycles. The highest BCUT2D eigenvalue weighted by molar-refractivity contribution is 6.32. The molecular weight excluding hydrogens is 139 g/mol. The number of rotatable bonds is 1. The Balaban J connectivity index is 3.35. The second kappa shape index (κ2) is 2.74. The Morgan fingerprint density at radius 2 is 2.18 bits per heavy atom. The van der Waals surface area contributed by atoms with Crippen molar-refractivity contribution in [2.75, 3.05) is 5.73 Å². The largest absolute Gasteiger partial charge is 0.397 e. The van der Waals surface area contributed by atoms with Gasteiger partial charge in [-0.05, 0) is 23.7 Å². The van der Waals surface area contributed by atoms with E-state index in [1.54, 1.807) is 6.07 Å². The molecule has 0 amide bonds. The minimum atomic E-state index is 0.336. The zero-order chi connectivity index (χ0) is 8.43. The fourth-order valence-electron chi connectivity index (χ4n) is 1.03. The van der Waals surface area contributed by atoms with Crippen LogP contribution < -0.4 is 11.2 Å². The summed E-state index contributed by atoms with van der Waals surface area (Å²) < 4.78 is 0. The number of nitrogens with zero attached hydrogens (tertiary/aromatic N) is 1. The normalized spacial score (nSPS) is 9.55. The number of hydrogen-bond donors (Lipinski definition) is 1. The Kier molecular flexibility index (Phi) is 1.94. The Morgan fingerprint density at radius 1 is 1.55 bits per heavy atom. The Morgan fingerprint density at radius 3 is 2.73 bits per heavy atom. The summed E-state index contributed by atoms with van der Waals surface area (Å²) in [6.45, 7) is 1.86. The molecule has 0 aromatic heterocycles. The smallest absolute Gasteiger partial charge is 0.139 e. The number of nitrogens with two attached hydrogens (primary N) is 1. The molecule has 0 saturated heterocycles. The SMILES string of the molecule is Bc1cc(C)c(N)c(N=O)c1. The van der Waals surface area contributed by atoms with Crippen LogP contribution in [0.15, 0.2) is 17.3 Å². The van der Waals surface area contributed by atoms with Gasteiger partial charge in [-0.15, -0.1) is 4.91 Å². The lowest BCUT2D eigenvalue weighted by Gasteiger charge is -2.02. The molecule has 4 heteroatoms. The third-order valence-electron chi connectivity index (χ3n) is 1.61. The molecule has 3 nitrogen and oxygen atoms in total. The third kappa shape index (κ3) is 1.39. The van der Waals surface area contributed by atoms with E-state index in [1.165, 1.54) is 0 Å². The molecule has 0 atom stereocenters. The van der Waals surface area contributed by atoms with Crippen molar-refractivity contribution < 1.29 is 0 Å². The predicted octanol–water partition coefficient (Wildman–Crippen LogP) is 0.234. The summed E-state index contributed by atoms with van der Waals surface area (Å²) in [5, 5.41) is 2.82. The molecule has 0 spiro atoms. The van der Waals surface area contributed by atoms with Crippen LogP contribution >= 0.6 is 0 Å². The fraction of sp³-hybridized carbons (Fsp3) is 0.143. The Hall–Kier alpha value is -1.32. The Bertz CT molecular complexity index is 299. The van der Waals surface area contributed by atoms with Crippen molar-refractivity contribution in [3.63, 3.8) is 0 Å². The van der Waals surface area contributed by atoms with E-state index < -0.39 is 0 Å². The second-order valence-electron chi connectivity index (χ2n) is 2.61. The summed E-state index contributed by atoms with van der Waals surface area (Å²) in [5.41, 5.74) is 8.29. The zero-order valence-corrected chi connectivity index (χ0v) is 6.59. The zero-order valence-electron chi connectivity index (χ0n) is 6.59. The number of nitrogen functional groups attached to an aromatic ring is 1. The van der Waals surface area contributed by atoms with Gasteiger partial charge in [-0.1, -0.05) is 11.5 Å². The molecule has 0 radical (unpaired) electrons. The molecular formula is C7H9BN2O. The summed E-state index contributed by atoms with van der Waals surface area (Å²) in [4.78, 5) is 10.2. The van der Waals surface area contributed by atoms with Crippen molar-refractivity contribution in [3.05, 3.63) is 22.6 Å². The summed E-state index contributed by atoms with van der Waals surface area (Å²) in [5.74, 6) is 0. The van der Waals surface area contributed by atoms with Crippen molar-refractivity contribution in [2.24, 2.45) is 5.18 Å². The molecule has 0 bridgehead atoms. The van der Waals surface area contributed by atoms with Crippen LogP contribution in [-0.2, 0) is 0 Å². The topological polar surface area (TPSA) is 55.4 Å². The first-order valence-corrected chi connectivity index (χ1v) is 3.35. The molecule has 56 valence electrons. The van der Waals surface area contributed by atoms with Crippen molar-refractivity contribution in [1.82, 2.24) is 0 Å². The molecule has 0 heterocycles. The van der Waals surface area contributed by atoms with Gasteiger partial charge in [0.15, 0.2) is 0 Å². The van der Waals surface area contributed by atoms with E-state index in [4.69, 9.17) is 5.73 Å². The van der Waals surface area contributed by atoms with Crippen LogP contribution in [0.2, 0.25) is 0 Å². The second-order valence-corrected chi connectivity index (χ2v) is 2.61. The summed E-state index contributed by atoms with van der Waals surface area (Å²) >= 11 is 0. The molecule has 0 saturated carbocycles. The van der Waals surface area contributed by atoms with E-state index >= 15 is 0 Å². The first-order valence-electron chi connectivity index (χ1n) is 3.35. The Labute approximate surface area is 66.0 Å². The summed E-state index contributed by atoms with van der Waals surface area (Å²) in [7, 11) is 1.90. The minimum absolute atomic E-state index is 0.336. The molecule has 11 heavy (non-hydrogen) atoms. The highest BCUT2D eigenvalue weighted by Crippen LogP contribution is 2.22. The van der Waals surface area contributed by atoms with Crippen molar-refractivity contribution in [1.29, 1.82) is 0 Å². The maximum Gasteiger partial charge on any atom is 0.139 e. The van der Waals surface area contributed by atoms with E-state index in [0.717, 1.165) is 11.0 Å². The number of nitroso groups, excluding NO2 is 1. The molecule has 0 unspecified atom stereocenters. The molecule has 0 aliphatic rings. The monoisotopic (exact) mass is 148 g/mol. The van der Waals surface area contributed by atoms with Crippen LogP contribution in [0.25, 0.3) is 0 Å². The van der Waals surface area contributed by atoms with Crippen molar-refractivity contribution >= 4 is 24.7 Å². The lowest BCUT2D eigenvalue weighted by Crippen LogP contribution is -2.04. The first-order chi connectivity index (χ1) is 5.15. The molecule has 2 N–H and O–H groups in total. The highest BCUT2D eigenvalue weighted by Gasteiger charge is 2.02. The van der Waals surface area contributed by atoms with Gasteiger partial charge in [-0.3, -0.25) is 0 Å². The van der Waals surface area contributed by atoms with Crippen LogP contribution in [0, 0.1) is 11.8 Å². The summed E-state index contributed by atoms with van der Waals surface area (Å²) in [6, 6.07) is 3.60. The predicted molar refractivity (Wildman–Crippen MR) is 49.2 cm³/mol. The van der Waals surface area contributed by atoms with Crippen LogP contribution in [0.1, 0.15) is 5.56 Å². The molecule has 0 aliphatic carbocycles. The van der Waals surface area contributed by atoms with E-state index in [9.17, 15) is 4.91 Å². The van der Waals surface area contributed by atoms with Crippen molar-refractivity contribution in [3.8, 4) is 0 Å². The average Bonchev–Trinajstić information content (AvgIpc) is 1.96. The van der Waals surface area contributed by atoms with Gasteiger partial charge in [-0.2, -0.15) is 0 Å². The lowest BCUT2D eigenvalue weighted by molar-refractivity contribution is 1.43. The average molecular weight is 148 g/mol. The van der Waals surface area contributed by atoms with Crippen LogP contribution in [0.4, 0.5) is 11.4 Å². The van der Waals surface area contributed by atoms with E-state index in [0.29, 0.717) is 11.4 Å². The number of anilines is 1. The van der Waals surface area contributed by atoms with Gasteiger partial charge >= 0.3 is 0 Å². The maximum absolute atomic E-state index is 10.2. The van der Waals surface area contributed by atoms with E-state index in [1.807, 2.05) is 20.8 Å². The molecule has 1 aromatic carbocycles.